The van der Waals surface area contributed by atoms with Gasteiger partial charge in [-0.05, 0) is 26.0 Å². The molecule has 21 heavy (non-hydrogen) atoms. The normalized spacial score (nSPS) is 11.3. The lowest BCUT2D eigenvalue weighted by Gasteiger charge is -2.22. The second-order valence-electron chi connectivity index (χ2n) is 4.52. The molecule has 0 spiro atoms. The number of ether oxygens (including phenoxy) is 3. The molecule has 1 N–H and O–H groups in total. The first kappa shape index (κ1) is 17.2. The zero-order chi connectivity index (χ0) is 15.7. The van der Waals surface area contributed by atoms with Crippen LogP contribution in [0, 0.1) is 11.8 Å². The van der Waals surface area contributed by atoms with Crippen molar-refractivity contribution in [1.29, 1.82) is 0 Å². The molecule has 0 bridgehead atoms. The highest BCUT2D eigenvalue weighted by Crippen LogP contribution is 2.38. The SMILES string of the molecule is CC#CCCC(NCC)c1cc(OC)c(OC)cc1OC. The summed E-state index contributed by atoms with van der Waals surface area (Å²) in [5.41, 5.74) is 1.06. The minimum atomic E-state index is 0.172. The maximum absolute atomic E-state index is 5.51. The molecule has 1 unspecified atom stereocenters. The third-order valence-electron chi connectivity index (χ3n) is 3.30. The van der Waals surface area contributed by atoms with Crippen LogP contribution in [0.15, 0.2) is 12.1 Å². The molecule has 0 aliphatic carbocycles. The Bertz CT molecular complexity index is 503. The average molecular weight is 291 g/mol. The Kier molecular flexibility index (Phi) is 7.49. The molecular weight excluding hydrogens is 266 g/mol. The van der Waals surface area contributed by atoms with Crippen LogP contribution in [0.25, 0.3) is 0 Å². The Morgan fingerprint density at radius 1 is 1.05 bits per heavy atom. The first-order valence-corrected chi connectivity index (χ1v) is 7.14. The molecule has 0 radical (unpaired) electrons. The lowest BCUT2D eigenvalue weighted by atomic mass is 10.00. The van der Waals surface area contributed by atoms with Crippen molar-refractivity contribution in [1.82, 2.24) is 5.32 Å². The van der Waals surface area contributed by atoms with Crippen LogP contribution >= 0.6 is 0 Å². The minimum absolute atomic E-state index is 0.172. The molecule has 116 valence electrons. The molecule has 0 aromatic heterocycles. The van der Waals surface area contributed by atoms with Gasteiger partial charge in [-0.15, -0.1) is 11.8 Å². The molecule has 1 aromatic rings. The number of hydrogen-bond donors (Lipinski definition) is 1. The monoisotopic (exact) mass is 291 g/mol. The van der Waals surface area contributed by atoms with Gasteiger partial charge < -0.3 is 19.5 Å². The summed E-state index contributed by atoms with van der Waals surface area (Å²) in [5, 5.41) is 3.48. The molecule has 4 heteroatoms. The molecule has 0 aliphatic rings. The fraction of sp³-hybridized carbons (Fsp3) is 0.529. The van der Waals surface area contributed by atoms with Crippen LogP contribution in [0.3, 0.4) is 0 Å². The third kappa shape index (κ3) is 4.57. The van der Waals surface area contributed by atoms with Crippen molar-refractivity contribution in [3.05, 3.63) is 17.7 Å². The van der Waals surface area contributed by atoms with E-state index in [1.54, 1.807) is 21.3 Å². The summed E-state index contributed by atoms with van der Waals surface area (Å²) in [5.74, 6) is 8.21. The van der Waals surface area contributed by atoms with Crippen molar-refractivity contribution in [3.8, 4) is 29.1 Å². The van der Waals surface area contributed by atoms with Crippen LogP contribution in [0.4, 0.5) is 0 Å². The smallest absolute Gasteiger partial charge is 0.164 e. The highest BCUT2D eigenvalue weighted by molar-refractivity contribution is 5.51. The Morgan fingerprint density at radius 3 is 2.19 bits per heavy atom. The van der Waals surface area contributed by atoms with E-state index in [0.29, 0.717) is 11.5 Å². The van der Waals surface area contributed by atoms with E-state index in [-0.39, 0.29) is 6.04 Å². The molecule has 0 fully saturated rings. The van der Waals surface area contributed by atoms with Crippen molar-refractivity contribution in [2.75, 3.05) is 27.9 Å². The summed E-state index contributed by atoms with van der Waals surface area (Å²) in [6, 6.07) is 4.01. The van der Waals surface area contributed by atoms with Gasteiger partial charge in [-0.2, -0.15) is 0 Å². The van der Waals surface area contributed by atoms with Crippen LogP contribution < -0.4 is 19.5 Å². The van der Waals surface area contributed by atoms with Gasteiger partial charge in [0.05, 0.1) is 21.3 Å². The van der Waals surface area contributed by atoms with Crippen LogP contribution in [0.2, 0.25) is 0 Å². The van der Waals surface area contributed by atoms with Gasteiger partial charge in [0.25, 0.3) is 0 Å². The zero-order valence-electron chi connectivity index (χ0n) is 13.6. The predicted molar refractivity (Wildman–Crippen MR) is 85.2 cm³/mol. The summed E-state index contributed by atoms with van der Waals surface area (Å²) in [6.45, 7) is 4.83. The van der Waals surface area contributed by atoms with Crippen LogP contribution in [-0.2, 0) is 0 Å². The van der Waals surface area contributed by atoms with E-state index in [1.165, 1.54) is 0 Å². The van der Waals surface area contributed by atoms with Crippen LogP contribution in [0.1, 0.15) is 38.3 Å². The molecule has 1 rings (SSSR count). The lowest BCUT2D eigenvalue weighted by molar-refractivity contribution is 0.344. The van der Waals surface area contributed by atoms with Crippen LogP contribution in [-0.4, -0.2) is 27.9 Å². The van der Waals surface area contributed by atoms with Gasteiger partial charge in [0.15, 0.2) is 11.5 Å². The first-order valence-electron chi connectivity index (χ1n) is 7.14. The molecule has 0 aliphatic heterocycles. The van der Waals surface area contributed by atoms with E-state index in [2.05, 4.69) is 24.1 Å². The second kappa shape index (κ2) is 9.15. The number of benzene rings is 1. The van der Waals surface area contributed by atoms with Crippen molar-refractivity contribution < 1.29 is 14.2 Å². The summed E-state index contributed by atoms with van der Waals surface area (Å²) in [6.07, 6.45) is 1.76. The molecule has 0 heterocycles. The highest BCUT2D eigenvalue weighted by atomic mass is 16.5. The Hall–Kier alpha value is -1.86. The van der Waals surface area contributed by atoms with E-state index in [0.717, 1.165) is 30.7 Å². The molecule has 1 aromatic carbocycles. The predicted octanol–water partition coefficient (Wildman–Crippen LogP) is 3.17. The van der Waals surface area contributed by atoms with Gasteiger partial charge in [0, 0.05) is 24.1 Å². The maximum Gasteiger partial charge on any atom is 0.164 e. The summed E-state index contributed by atoms with van der Waals surface area (Å²) in [4.78, 5) is 0. The summed E-state index contributed by atoms with van der Waals surface area (Å²) >= 11 is 0. The topological polar surface area (TPSA) is 39.7 Å². The van der Waals surface area contributed by atoms with E-state index < -0.39 is 0 Å². The fourth-order valence-corrected chi connectivity index (χ4v) is 2.28. The quantitative estimate of drug-likeness (QED) is 0.747. The van der Waals surface area contributed by atoms with Crippen molar-refractivity contribution in [2.45, 2.75) is 32.7 Å². The van der Waals surface area contributed by atoms with Gasteiger partial charge in [-0.1, -0.05) is 6.92 Å². The van der Waals surface area contributed by atoms with Gasteiger partial charge in [0.1, 0.15) is 5.75 Å². The maximum atomic E-state index is 5.51. The van der Waals surface area contributed by atoms with Crippen molar-refractivity contribution in [3.63, 3.8) is 0 Å². The van der Waals surface area contributed by atoms with Crippen LogP contribution in [0.5, 0.6) is 17.2 Å². The molecular formula is C17H25NO3. The first-order chi connectivity index (χ1) is 10.2. The third-order valence-corrected chi connectivity index (χ3v) is 3.30. The van der Waals surface area contributed by atoms with Gasteiger partial charge in [-0.3, -0.25) is 0 Å². The number of nitrogens with one attached hydrogen (secondary N) is 1. The number of rotatable bonds is 8. The molecule has 1 atom stereocenters. The summed E-state index contributed by atoms with van der Waals surface area (Å²) < 4.78 is 16.2. The molecule has 0 amide bonds. The second-order valence-corrected chi connectivity index (χ2v) is 4.52. The van der Waals surface area contributed by atoms with Gasteiger partial charge in [0.2, 0.25) is 0 Å². The molecule has 4 nitrogen and oxygen atoms in total. The highest BCUT2D eigenvalue weighted by Gasteiger charge is 2.19. The zero-order valence-corrected chi connectivity index (χ0v) is 13.6. The van der Waals surface area contributed by atoms with E-state index in [1.807, 2.05) is 19.1 Å². The van der Waals surface area contributed by atoms with E-state index >= 15 is 0 Å². The van der Waals surface area contributed by atoms with E-state index in [4.69, 9.17) is 14.2 Å². The van der Waals surface area contributed by atoms with Gasteiger partial charge in [-0.25, -0.2) is 0 Å². The Labute approximate surface area is 127 Å². The summed E-state index contributed by atoms with van der Waals surface area (Å²) in [7, 11) is 4.92. The lowest BCUT2D eigenvalue weighted by Crippen LogP contribution is -2.21. The Morgan fingerprint density at radius 2 is 1.67 bits per heavy atom. The van der Waals surface area contributed by atoms with Gasteiger partial charge >= 0.3 is 0 Å². The minimum Gasteiger partial charge on any atom is -0.496 e. The average Bonchev–Trinajstić information content (AvgIpc) is 2.52. The fourth-order valence-electron chi connectivity index (χ4n) is 2.28. The largest absolute Gasteiger partial charge is 0.496 e. The van der Waals surface area contributed by atoms with Crippen molar-refractivity contribution in [2.24, 2.45) is 0 Å². The molecule has 0 saturated carbocycles. The van der Waals surface area contributed by atoms with E-state index in [9.17, 15) is 0 Å². The Balaban J connectivity index is 3.16. The van der Waals surface area contributed by atoms with Crippen molar-refractivity contribution >= 4 is 0 Å². The number of hydrogen-bond acceptors (Lipinski definition) is 4. The standard InChI is InChI=1S/C17H25NO3/c1-6-8-9-10-14(18-7-2)13-11-16(20-4)17(21-5)12-15(13)19-3/h11-12,14,18H,7,9-10H2,1-5H3. The number of methoxy groups -OCH3 is 3. The molecule has 0 saturated heterocycles.